The number of hydrogen-bond donors (Lipinski definition) is 3. The molecule has 110 valence electrons. The summed E-state index contributed by atoms with van der Waals surface area (Å²) in [4.78, 5) is 21.8. The molecule has 0 radical (unpaired) electrons. The third-order valence-electron chi connectivity index (χ3n) is 2.56. The highest BCUT2D eigenvalue weighted by Gasteiger charge is 2.17. The molecular formula is C14H20N2O4. The lowest BCUT2D eigenvalue weighted by Crippen LogP contribution is -2.46. The van der Waals surface area contributed by atoms with E-state index in [1.807, 2.05) is 31.2 Å². The molecule has 1 atom stereocenters. The third kappa shape index (κ3) is 5.71. The second kappa shape index (κ2) is 8.16. The fraction of sp³-hybridized carbons (Fsp3) is 0.429. The molecule has 0 aliphatic heterocycles. The summed E-state index contributed by atoms with van der Waals surface area (Å²) in [5.41, 5.74) is 0.989. The molecule has 1 aromatic rings. The Labute approximate surface area is 118 Å². The van der Waals surface area contributed by atoms with E-state index in [2.05, 4.69) is 10.6 Å². The first-order chi connectivity index (χ1) is 9.52. The number of benzene rings is 1. The van der Waals surface area contributed by atoms with Gasteiger partial charge in [0.15, 0.2) is 0 Å². The highest BCUT2D eigenvalue weighted by atomic mass is 16.5. The molecule has 1 amide bonds. The molecule has 6 nitrogen and oxygen atoms in total. The van der Waals surface area contributed by atoms with Crippen LogP contribution in [0, 0.1) is 0 Å². The summed E-state index contributed by atoms with van der Waals surface area (Å²) < 4.78 is 5.39. The average molecular weight is 280 g/mol. The molecule has 20 heavy (non-hydrogen) atoms. The van der Waals surface area contributed by atoms with Gasteiger partial charge in [-0.2, -0.15) is 0 Å². The molecule has 0 saturated heterocycles. The van der Waals surface area contributed by atoms with Crippen LogP contribution >= 0.6 is 0 Å². The molecular weight excluding hydrogens is 260 g/mol. The normalized spacial score (nSPS) is 11.7. The van der Waals surface area contributed by atoms with Gasteiger partial charge in [0.05, 0.1) is 6.61 Å². The van der Waals surface area contributed by atoms with Gasteiger partial charge < -0.3 is 20.5 Å². The van der Waals surface area contributed by atoms with Gasteiger partial charge in [0, 0.05) is 20.0 Å². The Kier molecular flexibility index (Phi) is 6.52. The summed E-state index contributed by atoms with van der Waals surface area (Å²) in [6.45, 7) is 4.47. The van der Waals surface area contributed by atoms with Crippen LogP contribution in [0.3, 0.4) is 0 Å². The molecule has 0 saturated carbocycles. The topological polar surface area (TPSA) is 87.7 Å². The lowest BCUT2D eigenvalue weighted by Gasteiger charge is -2.14. The number of hydrogen-bond acceptors (Lipinski definition) is 4. The van der Waals surface area contributed by atoms with E-state index >= 15 is 0 Å². The van der Waals surface area contributed by atoms with Crippen LogP contribution in [0.4, 0.5) is 0 Å². The molecule has 3 N–H and O–H groups in total. The van der Waals surface area contributed by atoms with Gasteiger partial charge in [-0.3, -0.25) is 4.79 Å². The highest BCUT2D eigenvalue weighted by molar-refractivity contribution is 5.82. The third-order valence-corrected chi connectivity index (χ3v) is 2.56. The maximum Gasteiger partial charge on any atom is 0.327 e. The number of carbonyl (C=O) groups excluding carboxylic acids is 1. The van der Waals surface area contributed by atoms with E-state index < -0.39 is 12.0 Å². The molecule has 0 spiro atoms. The Balaban J connectivity index is 2.47. The van der Waals surface area contributed by atoms with Crippen LogP contribution in [0.1, 0.15) is 19.4 Å². The van der Waals surface area contributed by atoms with Gasteiger partial charge in [0.25, 0.3) is 0 Å². The largest absolute Gasteiger partial charge is 0.494 e. The quantitative estimate of drug-likeness (QED) is 0.654. The molecule has 1 rings (SSSR count). The summed E-state index contributed by atoms with van der Waals surface area (Å²) >= 11 is 0. The summed E-state index contributed by atoms with van der Waals surface area (Å²) in [6.07, 6.45) is 0. The van der Waals surface area contributed by atoms with Crippen molar-refractivity contribution >= 4 is 11.9 Å². The average Bonchev–Trinajstić information content (AvgIpc) is 2.38. The summed E-state index contributed by atoms with van der Waals surface area (Å²) in [7, 11) is 0. The molecule has 6 heteroatoms. The van der Waals surface area contributed by atoms with E-state index in [0.29, 0.717) is 13.2 Å². The van der Waals surface area contributed by atoms with E-state index in [1.54, 1.807) is 0 Å². The fourth-order valence-corrected chi connectivity index (χ4v) is 1.72. The molecule has 1 aromatic carbocycles. The predicted molar refractivity (Wildman–Crippen MR) is 74.6 cm³/mol. The Bertz CT molecular complexity index is 462. The van der Waals surface area contributed by atoms with Crippen LogP contribution in [0.15, 0.2) is 24.3 Å². The van der Waals surface area contributed by atoms with Crippen molar-refractivity contribution in [3.05, 3.63) is 29.8 Å². The number of carboxylic acid groups (broad SMARTS) is 1. The van der Waals surface area contributed by atoms with Gasteiger partial charge in [0.1, 0.15) is 11.8 Å². The lowest BCUT2D eigenvalue weighted by atomic mass is 10.2. The zero-order valence-electron chi connectivity index (χ0n) is 11.7. The Morgan fingerprint density at radius 3 is 2.75 bits per heavy atom. The number of carboxylic acids is 1. The van der Waals surface area contributed by atoms with Gasteiger partial charge in [-0.25, -0.2) is 4.79 Å². The van der Waals surface area contributed by atoms with Crippen molar-refractivity contribution in [2.75, 3.05) is 13.2 Å². The van der Waals surface area contributed by atoms with Crippen molar-refractivity contribution in [3.63, 3.8) is 0 Å². The first-order valence-electron chi connectivity index (χ1n) is 6.45. The summed E-state index contributed by atoms with van der Waals surface area (Å²) in [5, 5.41) is 14.3. The van der Waals surface area contributed by atoms with Crippen molar-refractivity contribution < 1.29 is 19.4 Å². The van der Waals surface area contributed by atoms with E-state index in [9.17, 15) is 9.59 Å². The van der Waals surface area contributed by atoms with Gasteiger partial charge >= 0.3 is 5.97 Å². The predicted octanol–water partition coefficient (Wildman–Crippen LogP) is 0.764. The first kappa shape index (κ1) is 16.0. The highest BCUT2D eigenvalue weighted by Crippen LogP contribution is 2.12. The molecule has 0 aromatic heterocycles. The summed E-state index contributed by atoms with van der Waals surface area (Å²) in [5.74, 6) is -0.642. The number of rotatable bonds is 8. The molecule has 1 unspecified atom stereocenters. The van der Waals surface area contributed by atoms with E-state index in [4.69, 9.17) is 9.84 Å². The zero-order chi connectivity index (χ0) is 15.0. The van der Waals surface area contributed by atoms with Crippen molar-refractivity contribution in [1.82, 2.24) is 10.6 Å². The molecule has 0 aliphatic rings. The maximum absolute atomic E-state index is 10.9. The smallest absolute Gasteiger partial charge is 0.327 e. The molecule has 0 aliphatic carbocycles. The van der Waals surface area contributed by atoms with Crippen molar-refractivity contribution in [2.45, 2.75) is 26.4 Å². The van der Waals surface area contributed by atoms with Crippen LogP contribution in [0.25, 0.3) is 0 Å². The van der Waals surface area contributed by atoms with Gasteiger partial charge in [0.2, 0.25) is 5.91 Å². The van der Waals surface area contributed by atoms with Gasteiger partial charge in [-0.05, 0) is 24.6 Å². The van der Waals surface area contributed by atoms with Crippen molar-refractivity contribution in [1.29, 1.82) is 0 Å². The number of amides is 1. The first-order valence-corrected chi connectivity index (χ1v) is 6.45. The minimum absolute atomic E-state index is 0.160. The van der Waals surface area contributed by atoms with Crippen LogP contribution in [-0.2, 0) is 16.1 Å². The lowest BCUT2D eigenvalue weighted by molar-refractivity contribution is -0.141. The monoisotopic (exact) mass is 280 g/mol. The van der Waals surface area contributed by atoms with Crippen molar-refractivity contribution in [2.24, 2.45) is 0 Å². The zero-order valence-corrected chi connectivity index (χ0v) is 11.7. The minimum atomic E-state index is -1.06. The van der Waals surface area contributed by atoms with Gasteiger partial charge in [-0.1, -0.05) is 12.1 Å². The van der Waals surface area contributed by atoms with Gasteiger partial charge in [-0.15, -0.1) is 0 Å². The second-order valence-electron chi connectivity index (χ2n) is 4.30. The van der Waals surface area contributed by atoms with Crippen molar-refractivity contribution in [3.8, 4) is 5.75 Å². The Morgan fingerprint density at radius 1 is 1.40 bits per heavy atom. The standard InChI is InChI=1S/C14H20N2O4/c1-3-20-12-6-4-5-11(7-12)8-15-9-13(14(18)19)16-10(2)17/h4-7,13,15H,3,8-9H2,1-2H3,(H,16,17)(H,18,19). The van der Waals surface area contributed by atoms with Crippen LogP contribution in [-0.4, -0.2) is 36.2 Å². The van der Waals surface area contributed by atoms with Crippen LogP contribution in [0.2, 0.25) is 0 Å². The van der Waals surface area contributed by atoms with Crippen LogP contribution < -0.4 is 15.4 Å². The second-order valence-corrected chi connectivity index (χ2v) is 4.30. The van der Waals surface area contributed by atoms with E-state index in [1.165, 1.54) is 6.92 Å². The number of carbonyl (C=O) groups is 2. The van der Waals surface area contributed by atoms with E-state index in [-0.39, 0.29) is 12.5 Å². The van der Waals surface area contributed by atoms with Crippen LogP contribution in [0.5, 0.6) is 5.75 Å². The fourth-order valence-electron chi connectivity index (χ4n) is 1.72. The number of aliphatic carboxylic acids is 1. The maximum atomic E-state index is 10.9. The Hall–Kier alpha value is -2.08. The molecule has 0 bridgehead atoms. The SMILES string of the molecule is CCOc1cccc(CNCC(NC(C)=O)C(=O)O)c1. The molecule has 0 fully saturated rings. The van der Waals surface area contributed by atoms with E-state index in [0.717, 1.165) is 11.3 Å². The molecule has 0 heterocycles. The number of nitrogens with one attached hydrogen (secondary N) is 2. The summed E-state index contributed by atoms with van der Waals surface area (Å²) in [6, 6.07) is 6.63. The minimum Gasteiger partial charge on any atom is -0.494 e. The number of ether oxygens (including phenoxy) is 1. The Morgan fingerprint density at radius 2 is 2.15 bits per heavy atom.